The van der Waals surface area contributed by atoms with Gasteiger partial charge in [0.1, 0.15) is 5.58 Å². The summed E-state index contributed by atoms with van der Waals surface area (Å²) in [5.41, 5.74) is 1.45. The Bertz CT molecular complexity index is 1240. The number of nitrogens with zero attached hydrogens (tertiary/aromatic N) is 1. The first-order chi connectivity index (χ1) is 16.3. The maximum atomic E-state index is 13.5. The van der Waals surface area contributed by atoms with Gasteiger partial charge in [0.05, 0.1) is 44.9 Å². The molecule has 2 aromatic carbocycles. The van der Waals surface area contributed by atoms with E-state index in [9.17, 15) is 19.5 Å². The van der Waals surface area contributed by atoms with E-state index in [0.717, 1.165) is 11.9 Å². The van der Waals surface area contributed by atoms with E-state index in [1.54, 1.807) is 42.5 Å². The zero-order valence-electron chi connectivity index (χ0n) is 19.3. The van der Waals surface area contributed by atoms with Crippen LogP contribution < -0.4 is 4.90 Å². The minimum absolute atomic E-state index is 0.0351. The zero-order valence-corrected chi connectivity index (χ0v) is 19.3. The van der Waals surface area contributed by atoms with Crippen molar-refractivity contribution in [1.82, 2.24) is 4.90 Å². The number of ketones is 1. The second kappa shape index (κ2) is 9.52. The number of hydrogen-bond acceptors (Lipinski definition) is 6. The normalized spacial score (nSPS) is 16.1. The number of amides is 1. The highest BCUT2D eigenvalue weighted by Gasteiger charge is 2.44. The average Bonchev–Trinajstić information content (AvgIpc) is 3.38. The number of benzene rings is 2. The quantitative estimate of drug-likeness (QED) is 0.393. The molecule has 4 rings (SSSR count). The third kappa shape index (κ3) is 4.32. The highest BCUT2D eigenvalue weighted by Crippen LogP contribution is 2.39. The van der Waals surface area contributed by atoms with Crippen molar-refractivity contribution >= 4 is 28.6 Å². The molecule has 0 unspecified atom stereocenters. The smallest absolute Gasteiger partial charge is 0.337 e. The van der Waals surface area contributed by atoms with Crippen molar-refractivity contribution in [3.63, 3.8) is 0 Å². The molecule has 1 aromatic heterocycles. The number of aliphatic hydroxyl groups is 1. The summed E-state index contributed by atoms with van der Waals surface area (Å²) in [5, 5.41) is 11.6. The molecule has 3 aromatic rings. The number of esters is 1. The largest absolute Gasteiger partial charge is 0.503 e. The Labute approximate surface area is 197 Å². The molecular formula is C26H27N2O6+. The Morgan fingerprint density at radius 2 is 1.82 bits per heavy atom. The predicted molar refractivity (Wildman–Crippen MR) is 125 cm³/mol. The molecule has 0 radical (unpaired) electrons. The summed E-state index contributed by atoms with van der Waals surface area (Å²) < 4.78 is 10.5. The lowest BCUT2D eigenvalue weighted by molar-refractivity contribution is -0.858. The molecule has 176 valence electrons. The van der Waals surface area contributed by atoms with Crippen LogP contribution in [0.3, 0.4) is 0 Å². The van der Waals surface area contributed by atoms with Crippen molar-refractivity contribution in [2.45, 2.75) is 12.5 Å². The zero-order chi connectivity index (χ0) is 24.4. The van der Waals surface area contributed by atoms with Crippen LogP contribution in [0.15, 0.2) is 70.3 Å². The molecule has 1 atom stereocenters. The van der Waals surface area contributed by atoms with Gasteiger partial charge in [0.25, 0.3) is 5.91 Å². The lowest BCUT2D eigenvalue weighted by Crippen LogP contribution is -3.05. The van der Waals surface area contributed by atoms with Crippen LogP contribution in [0.2, 0.25) is 0 Å². The van der Waals surface area contributed by atoms with Gasteiger partial charge in [-0.2, -0.15) is 0 Å². The van der Waals surface area contributed by atoms with Crippen LogP contribution in [0.5, 0.6) is 0 Å². The Balaban J connectivity index is 1.74. The minimum Gasteiger partial charge on any atom is -0.503 e. The van der Waals surface area contributed by atoms with Gasteiger partial charge in [-0.25, -0.2) is 4.79 Å². The fourth-order valence-electron chi connectivity index (χ4n) is 4.21. The summed E-state index contributed by atoms with van der Waals surface area (Å²) in [7, 11) is 5.33. The second-order valence-corrected chi connectivity index (χ2v) is 8.57. The second-order valence-electron chi connectivity index (χ2n) is 8.57. The van der Waals surface area contributed by atoms with Crippen molar-refractivity contribution in [1.29, 1.82) is 0 Å². The third-order valence-corrected chi connectivity index (χ3v) is 5.92. The summed E-state index contributed by atoms with van der Waals surface area (Å²) in [6.07, 6.45) is 0.685. The van der Waals surface area contributed by atoms with Crippen LogP contribution in [0.25, 0.3) is 11.0 Å². The first-order valence-electron chi connectivity index (χ1n) is 11.1. The number of fused-ring (bicyclic) bond motifs is 1. The number of furan rings is 1. The van der Waals surface area contributed by atoms with Gasteiger partial charge in [-0.05, 0) is 29.8 Å². The van der Waals surface area contributed by atoms with Gasteiger partial charge in [-0.1, -0.05) is 30.3 Å². The molecule has 0 fully saturated rings. The maximum Gasteiger partial charge on any atom is 0.337 e. The fourth-order valence-corrected chi connectivity index (χ4v) is 4.21. The molecule has 0 aliphatic carbocycles. The number of Topliss-reactive ketones (excluding diaryl/α,β-unsaturated/α-hetero) is 1. The van der Waals surface area contributed by atoms with Crippen molar-refractivity contribution < 1.29 is 33.5 Å². The molecule has 0 saturated carbocycles. The van der Waals surface area contributed by atoms with Crippen LogP contribution in [0, 0.1) is 0 Å². The Morgan fingerprint density at radius 3 is 2.47 bits per heavy atom. The summed E-state index contributed by atoms with van der Waals surface area (Å²) in [5.74, 6) is -2.17. The Hall–Kier alpha value is -3.91. The highest BCUT2D eigenvalue weighted by atomic mass is 16.5. The van der Waals surface area contributed by atoms with Crippen LogP contribution >= 0.6 is 0 Å². The van der Waals surface area contributed by atoms with Gasteiger partial charge in [0, 0.05) is 18.4 Å². The maximum absolute atomic E-state index is 13.5. The number of ether oxygens (including phenoxy) is 1. The molecule has 1 aliphatic rings. The van der Waals surface area contributed by atoms with E-state index < -0.39 is 29.5 Å². The van der Waals surface area contributed by atoms with Gasteiger partial charge in [0.2, 0.25) is 5.78 Å². The van der Waals surface area contributed by atoms with E-state index in [0.29, 0.717) is 29.7 Å². The van der Waals surface area contributed by atoms with Gasteiger partial charge >= 0.3 is 5.97 Å². The SMILES string of the molecule is COC(=O)c1ccc([C@H]2C(C(=O)c3cc4ccccc4o3)=C(O)C(=O)N2CCC[NH+](C)C)cc1. The van der Waals surface area contributed by atoms with Gasteiger partial charge in [0.15, 0.2) is 11.5 Å². The van der Waals surface area contributed by atoms with Crippen LogP contribution in [0.1, 0.15) is 38.9 Å². The average molecular weight is 464 g/mol. The lowest BCUT2D eigenvalue weighted by Gasteiger charge is -2.27. The number of carbonyl (C=O) groups excluding carboxylic acids is 3. The molecular weight excluding hydrogens is 436 g/mol. The van der Waals surface area contributed by atoms with Crippen molar-refractivity contribution in [3.05, 3.63) is 82.8 Å². The minimum atomic E-state index is -0.808. The number of methoxy groups -OCH3 is 1. The van der Waals surface area contributed by atoms with E-state index in [2.05, 4.69) is 0 Å². The van der Waals surface area contributed by atoms with Gasteiger partial charge in [-0.3, -0.25) is 9.59 Å². The van der Waals surface area contributed by atoms with Crippen LogP contribution in [0.4, 0.5) is 0 Å². The lowest BCUT2D eigenvalue weighted by atomic mass is 9.94. The topological polar surface area (TPSA) is 101 Å². The predicted octanol–water partition coefficient (Wildman–Crippen LogP) is 2.33. The molecule has 8 heteroatoms. The number of carbonyl (C=O) groups is 3. The van der Waals surface area contributed by atoms with E-state index in [-0.39, 0.29) is 11.3 Å². The van der Waals surface area contributed by atoms with Crippen LogP contribution in [-0.4, -0.2) is 62.0 Å². The Kier molecular flexibility index (Phi) is 6.51. The molecule has 1 aliphatic heterocycles. The van der Waals surface area contributed by atoms with E-state index in [1.165, 1.54) is 16.9 Å². The van der Waals surface area contributed by atoms with Crippen molar-refractivity contribution in [3.8, 4) is 0 Å². The van der Waals surface area contributed by atoms with E-state index in [4.69, 9.17) is 9.15 Å². The first kappa shape index (κ1) is 23.3. The number of aliphatic hydroxyl groups excluding tert-OH is 1. The molecule has 1 amide bonds. The molecule has 0 spiro atoms. The van der Waals surface area contributed by atoms with E-state index >= 15 is 0 Å². The number of quaternary nitrogens is 1. The summed E-state index contributed by atoms with van der Waals surface area (Å²) >= 11 is 0. The molecule has 2 N–H and O–H groups in total. The van der Waals surface area contributed by atoms with Gasteiger partial charge in [-0.15, -0.1) is 0 Å². The third-order valence-electron chi connectivity index (χ3n) is 5.92. The summed E-state index contributed by atoms with van der Waals surface area (Å²) in [4.78, 5) is 41.2. The summed E-state index contributed by atoms with van der Waals surface area (Å²) in [6, 6.07) is 14.5. The number of nitrogens with one attached hydrogen (secondary N) is 1. The number of para-hydroxylation sites is 1. The van der Waals surface area contributed by atoms with Gasteiger partial charge < -0.3 is 24.1 Å². The van der Waals surface area contributed by atoms with Crippen molar-refractivity contribution in [2.75, 3.05) is 34.3 Å². The molecule has 34 heavy (non-hydrogen) atoms. The molecule has 0 bridgehead atoms. The highest BCUT2D eigenvalue weighted by molar-refractivity contribution is 6.16. The molecule has 2 heterocycles. The van der Waals surface area contributed by atoms with Crippen LogP contribution in [-0.2, 0) is 9.53 Å². The van der Waals surface area contributed by atoms with E-state index in [1.807, 2.05) is 26.2 Å². The number of rotatable bonds is 8. The number of hydrogen-bond donors (Lipinski definition) is 2. The molecule has 8 nitrogen and oxygen atoms in total. The molecule has 0 saturated heterocycles. The Morgan fingerprint density at radius 1 is 1.12 bits per heavy atom. The standard InChI is InChI=1S/C26H26N2O6/c1-27(2)13-6-14-28-22(16-9-11-17(12-10-16)26(32)33-3)21(24(30)25(28)31)23(29)20-15-18-7-4-5-8-19(18)34-20/h4-5,7-12,15,22,30H,6,13-14H2,1-3H3/p+1/t22-/m0/s1. The summed E-state index contributed by atoms with van der Waals surface area (Å²) in [6.45, 7) is 1.17. The van der Waals surface area contributed by atoms with Crippen molar-refractivity contribution in [2.24, 2.45) is 0 Å². The first-order valence-corrected chi connectivity index (χ1v) is 11.1. The monoisotopic (exact) mass is 463 g/mol. The fraction of sp³-hybridized carbons (Fsp3) is 0.269.